The van der Waals surface area contributed by atoms with Crippen LogP contribution in [0.5, 0.6) is 0 Å². The molecule has 2 nitrogen and oxygen atoms in total. The Labute approximate surface area is 118 Å². The van der Waals surface area contributed by atoms with Crippen molar-refractivity contribution in [3.63, 3.8) is 0 Å². The fourth-order valence-electron chi connectivity index (χ4n) is 2.61. The van der Waals surface area contributed by atoms with Crippen molar-refractivity contribution in [3.05, 3.63) is 0 Å². The van der Waals surface area contributed by atoms with Gasteiger partial charge in [-0.15, -0.1) is 0 Å². The maximum absolute atomic E-state index is 3.68. The number of hydrogen-bond donors (Lipinski definition) is 1. The van der Waals surface area contributed by atoms with E-state index in [4.69, 9.17) is 0 Å². The molecule has 1 aliphatic rings. The highest BCUT2D eigenvalue weighted by atomic mass is 32.2. The summed E-state index contributed by atoms with van der Waals surface area (Å²) in [5, 5.41) is 3.68. The Kier molecular flexibility index (Phi) is 9.16. The summed E-state index contributed by atoms with van der Waals surface area (Å²) < 4.78 is 0. The highest BCUT2D eigenvalue weighted by Crippen LogP contribution is 2.11. The fourth-order valence-corrected chi connectivity index (χ4v) is 3.10. The highest BCUT2D eigenvalue weighted by Gasteiger charge is 2.19. The largest absolute Gasteiger partial charge is 0.312 e. The van der Waals surface area contributed by atoms with Gasteiger partial charge >= 0.3 is 0 Å². The summed E-state index contributed by atoms with van der Waals surface area (Å²) in [6.07, 6.45) is 9.14. The molecule has 1 atom stereocenters. The molecular weight excluding hydrogens is 240 g/mol. The van der Waals surface area contributed by atoms with Gasteiger partial charge in [0, 0.05) is 12.6 Å². The molecule has 0 amide bonds. The standard InChI is InChI=1S/C15H32N2S/c1-14(2)15-13-17(11-8-9-16-15)10-6-4-5-7-12-18-3/h14-16H,4-13H2,1-3H3. The van der Waals surface area contributed by atoms with Crippen LogP contribution in [0.3, 0.4) is 0 Å². The van der Waals surface area contributed by atoms with E-state index in [1.165, 1.54) is 64.0 Å². The Hall–Kier alpha value is 0.270. The summed E-state index contributed by atoms with van der Waals surface area (Å²) >= 11 is 1.98. The van der Waals surface area contributed by atoms with E-state index in [1.54, 1.807) is 0 Å². The van der Waals surface area contributed by atoms with Crippen molar-refractivity contribution in [2.45, 2.75) is 52.0 Å². The molecule has 0 bridgehead atoms. The van der Waals surface area contributed by atoms with Crippen LogP contribution in [-0.2, 0) is 0 Å². The third-order valence-corrected chi connectivity index (χ3v) is 4.59. The SMILES string of the molecule is CSCCCCCCN1CCCNC(C(C)C)C1. The fraction of sp³-hybridized carbons (Fsp3) is 1.00. The molecule has 1 unspecified atom stereocenters. The predicted octanol–water partition coefficient (Wildman–Crippen LogP) is 3.23. The number of unbranched alkanes of at least 4 members (excludes halogenated alkanes) is 3. The Balaban J connectivity index is 2.12. The van der Waals surface area contributed by atoms with Crippen molar-refractivity contribution in [1.29, 1.82) is 0 Å². The minimum absolute atomic E-state index is 0.698. The number of nitrogens with one attached hydrogen (secondary N) is 1. The Morgan fingerprint density at radius 3 is 2.72 bits per heavy atom. The second-order valence-electron chi connectivity index (χ2n) is 5.87. The maximum atomic E-state index is 3.68. The average Bonchev–Trinajstić information content (AvgIpc) is 2.59. The van der Waals surface area contributed by atoms with Gasteiger partial charge < -0.3 is 10.2 Å². The first-order chi connectivity index (χ1) is 8.74. The Morgan fingerprint density at radius 2 is 2.00 bits per heavy atom. The second-order valence-corrected chi connectivity index (χ2v) is 6.85. The van der Waals surface area contributed by atoms with Gasteiger partial charge in [0.1, 0.15) is 0 Å². The molecule has 1 aliphatic heterocycles. The molecule has 0 aromatic carbocycles. The molecule has 1 fully saturated rings. The van der Waals surface area contributed by atoms with E-state index in [0.717, 1.165) is 5.92 Å². The molecule has 0 saturated carbocycles. The summed E-state index contributed by atoms with van der Waals surface area (Å²) in [4.78, 5) is 2.68. The second kappa shape index (κ2) is 10.1. The van der Waals surface area contributed by atoms with Gasteiger partial charge in [0.15, 0.2) is 0 Å². The van der Waals surface area contributed by atoms with Gasteiger partial charge in [-0.2, -0.15) is 11.8 Å². The Morgan fingerprint density at radius 1 is 1.22 bits per heavy atom. The van der Waals surface area contributed by atoms with Crippen LogP contribution in [0.1, 0.15) is 46.0 Å². The van der Waals surface area contributed by atoms with Crippen LogP contribution in [-0.4, -0.2) is 49.1 Å². The monoisotopic (exact) mass is 272 g/mol. The van der Waals surface area contributed by atoms with Crippen molar-refractivity contribution in [2.24, 2.45) is 5.92 Å². The molecule has 1 N–H and O–H groups in total. The first kappa shape index (κ1) is 16.3. The lowest BCUT2D eigenvalue weighted by molar-refractivity contribution is 0.241. The van der Waals surface area contributed by atoms with Crippen molar-refractivity contribution >= 4 is 11.8 Å². The Bertz CT molecular complexity index is 197. The summed E-state index contributed by atoms with van der Waals surface area (Å²) in [5.74, 6) is 2.09. The number of thioether (sulfide) groups is 1. The predicted molar refractivity (Wildman–Crippen MR) is 84.5 cm³/mol. The molecule has 1 rings (SSSR count). The summed E-state index contributed by atoms with van der Waals surface area (Å²) in [6, 6.07) is 0.698. The molecule has 0 spiro atoms. The molecule has 108 valence electrons. The van der Waals surface area contributed by atoms with Gasteiger partial charge in [-0.05, 0) is 56.8 Å². The summed E-state index contributed by atoms with van der Waals surface area (Å²) in [5.41, 5.74) is 0. The van der Waals surface area contributed by atoms with Gasteiger partial charge in [0.05, 0.1) is 0 Å². The topological polar surface area (TPSA) is 15.3 Å². The van der Waals surface area contributed by atoms with E-state index in [-0.39, 0.29) is 0 Å². The van der Waals surface area contributed by atoms with Crippen molar-refractivity contribution in [1.82, 2.24) is 10.2 Å². The van der Waals surface area contributed by atoms with E-state index >= 15 is 0 Å². The molecule has 18 heavy (non-hydrogen) atoms. The third-order valence-electron chi connectivity index (χ3n) is 3.89. The highest BCUT2D eigenvalue weighted by molar-refractivity contribution is 7.98. The van der Waals surface area contributed by atoms with Crippen LogP contribution >= 0.6 is 11.8 Å². The van der Waals surface area contributed by atoms with Gasteiger partial charge in [-0.3, -0.25) is 0 Å². The normalized spacial score (nSPS) is 22.3. The van der Waals surface area contributed by atoms with Crippen LogP contribution in [0.25, 0.3) is 0 Å². The zero-order valence-electron chi connectivity index (χ0n) is 12.6. The number of hydrogen-bond acceptors (Lipinski definition) is 3. The van der Waals surface area contributed by atoms with Gasteiger partial charge in [0.25, 0.3) is 0 Å². The molecule has 0 aliphatic carbocycles. The van der Waals surface area contributed by atoms with Crippen LogP contribution in [0.4, 0.5) is 0 Å². The first-order valence-electron chi connectivity index (χ1n) is 7.68. The van der Waals surface area contributed by atoms with Gasteiger partial charge in [-0.1, -0.05) is 26.7 Å². The molecule has 3 heteroatoms. The quantitative estimate of drug-likeness (QED) is 0.683. The summed E-state index contributed by atoms with van der Waals surface area (Å²) in [7, 11) is 0. The molecule has 0 aromatic rings. The van der Waals surface area contributed by atoms with E-state index in [2.05, 4.69) is 30.3 Å². The van der Waals surface area contributed by atoms with Crippen LogP contribution in [0.2, 0.25) is 0 Å². The van der Waals surface area contributed by atoms with Crippen LogP contribution in [0, 0.1) is 5.92 Å². The van der Waals surface area contributed by atoms with Crippen LogP contribution in [0.15, 0.2) is 0 Å². The minimum atomic E-state index is 0.698. The number of rotatable bonds is 8. The third kappa shape index (κ3) is 7.01. The average molecular weight is 273 g/mol. The lowest BCUT2D eigenvalue weighted by Gasteiger charge is -2.26. The zero-order chi connectivity index (χ0) is 13.2. The molecule has 0 aromatic heterocycles. The van der Waals surface area contributed by atoms with E-state index in [9.17, 15) is 0 Å². The van der Waals surface area contributed by atoms with E-state index < -0.39 is 0 Å². The smallest absolute Gasteiger partial charge is 0.0217 e. The molecule has 1 saturated heterocycles. The van der Waals surface area contributed by atoms with E-state index in [1.807, 2.05) is 11.8 Å². The molecule has 1 heterocycles. The molecular formula is C15H32N2S. The van der Waals surface area contributed by atoms with Crippen molar-refractivity contribution in [2.75, 3.05) is 38.2 Å². The maximum Gasteiger partial charge on any atom is 0.0217 e. The first-order valence-corrected chi connectivity index (χ1v) is 9.08. The van der Waals surface area contributed by atoms with Gasteiger partial charge in [0.2, 0.25) is 0 Å². The number of nitrogens with zero attached hydrogens (tertiary/aromatic N) is 1. The van der Waals surface area contributed by atoms with E-state index in [0.29, 0.717) is 6.04 Å². The molecule has 0 radical (unpaired) electrons. The van der Waals surface area contributed by atoms with Crippen molar-refractivity contribution < 1.29 is 0 Å². The lowest BCUT2D eigenvalue weighted by Crippen LogP contribution is -2.41. The van der Waals surface area contributed by atoms with Gasteiger partial charge in [-0.25, -0.2) is 0 Å². The lowest BCUT2D eigenvalue weighted by atomic mass is 10.0. The zero-order valence-corrected chi connectivity index (χ0v) is 13.4. The summed E-state index contributed by atoms with van der Waals surface area (Å²) in [6.45, 7) is 9.73. The minimum Gasteiger partial charge on any atom is -0.312 e. The van der Waals surface area contributed by atoms with Crippen LogP contribution < -0.4 is 5.32 Å². The van der Waals surface area contributed by atoms with Crippen molar-refractivity contribution in [3.8, 4) is 0 Å².